The molecule has 0 N–H and O–H groups in total. The SMILES string of the molecule is Cc1cc(C(=O)N2CC3(C[C@@H](OCc4cccnc4)CS3)C2)sc1C. The molecular weight excluding hydrogens is 352 g/mol. The molecule has 1 amide bonds. The van der Waals surface area contributed by atoms with E-state index in [-0.39, 0.29) is 16.8 Å². The molecule has 2 aromatic rings. The number of carbonyl (C=O) groups excluding carboxylic acids is 1. The molecule has 0 aromatic carbocycles. The Balaban J connectivity index is 1.29. The van der Waals surface area contributed by atoms with E-state index >= 15 is 0 Å². The third kappa shape index (κ3) is 3.48. The van der Waals surface area contributed by atoms with Gasteiger partial charge >= 0.3 is 0 Å². The summed E-state index contributed by atoms with van der Waals surface area (Å²) in [6.45, 7) is 6.45. The molecule has 2 aliphatic rings. The monoisotopic (exact) mass is 374 g/mol. The van der Waals surface area contributed by atoms with Crippen molar-refractivity contribution in [3.8, 4) is 0 Å². The summed E-state index contributed by atoms with van der Waals surface area (Å²) in [7, 11) is 0. The zero-order chi connectivity index (χ0) is 17.4. The number of hydrogen-bond donors (Lipinski definition) is 0. The standard InChI is InChI=1S/C19H22N2O2S2/c1-13-6-17(25-14(13)2)18(22)21-11-19(12-21)7-16(10-24-19)23-9-15-4-3-5-20-8-15/h3-6,8,16H,7,9-12H2,1-2H3/t16-/m1/s1. The van der Waals surface area contributed by atoms with E-state index in [2.05, 4.69) is 18.8 Å². The first-order valence-corrected chi connectivity index (χ1v) is 10.4. The predicted molar refractivity (Wildman–Crippen MR) is 102 cm³/mol. The Morgan fingerprint density at radius 3 is 2.96 bits per heavy atom. The van der Waals surface area contributed by atoms with Crippen molar-refractivity contribution in [1.29, 1.82) is 0 Å². The minimum atomic E-state index is 0.187. The van der Waals surface area contributed by atoms with E-state index in [4.69, 9.17) is 4.74 Å². The van der Waals surface area contributed by atoms with Crippen molar-refractivity contribution in [2.24, 2.45) is 0 Å². The highest BCUT2D eigenvalue weighted by atomic mass is 32.2. The Labute approximate surface area is 156 Å². The molecule has 2 fully saturated rings. The van der Waals surface area contributed by atoms with Crippen LogP contribution in [0.5, 0.6) is 0 Å². The lowest BCUT2D eigenvalue weighted by atomic mass is 9.92. The van der Waals surface area contributed by atoms with Crippen molar-refractivity contribution in [1.82, 2.24) is 9.88 Å². The van der Waals surface area contributed by atoms with E-state index in [1.807, 2.05) is 41.1 Å². The highest BCUT2D eigenvalue weighted by molar-refractivity contribution is 8.01. The highest BCUT2D eigenvalue weighted by Gasteiger charge is 2.51. The lowest BCUT2D eigenvalue weighted by molar-refractivity contribution is 0.0256. The molecule has 6 heteroatoms. The fourth-order valence-electron chi connectivity index (χ4n) is 3.45. The Kier molecular flexibility index (Phi) is 4.60. The Morgan fingerprint density at radius 1 is 1.44 bits per heavy atom. The van der Waals surface area contributed by atoms with Crippen LogP contribution in [0.15, 0.2) is 30.6 Å². The zero-order valence-corrected chi connectivity index (χ0v) is 16.2. The van der Waals surface area contributed by atoms with Gasteiger partial charge in [-0.2, -0.15) is 0 Å². The van der Waals surface area contributed by atoms with Gasteiger partial charge in [-0.05, 0) is 43.5 Å². The first-order valence-electron chi connectivity index (χ1n) is 8.55. The molecule has 0 radical (unpaired) electrons. The Bertz CT molecular complexity index is 749. The van der Waals surface area contributed by atoms with Crippen LogP contribution >= 0.6 is 23.1 Å². The van der Waals surface area contributed by atoms with E-state index in [0.717, 1.165) is 35.7 Å². The van der Waals surface area contributed by atoms with Gasteiger partial charge in [0.15, 0.2) is 0 Å². The van der Waals surface area contributed by atoms with Gasteiger partial charge < -0.3 is 9.64 Å². The first kappa shape index (κ1) is 17.1. The second kappa shape index (κ2) is 6.74. The molecule has 1 spiro atoms. The second-order valence-electron chi connectivity index (χ2n) is 7.00. The van der Waals surface area contributed by atoms with E-state index < -0.39 is 0 Å². The summed E-state index contributed by atoms with van der Waals surface area (Å²) in [5.74, 6) is 1.20. The predicted octanol–water partition coefficient (Wildman–Crippen LogP) is 3.68. The molecule has 0 bridgehead atoms. The van der Waals surface area contributed by atoms with E-state index in [9.17, 15) is 4.79 Å². The molecule has 0 aliphatic carbocycles. The molecule has 132 valence electrons. The number of nitrogens with zero attached hydrogens (tertiary/aromatic N) is 2. The van der Waals surface area contributed by atoms with Crippen LogP contribution in [0.3, 0.4) is 0 Å². The first-order chi connectivity index (χ1) is 12.0. The number of aryl methyl sites for hydroxylation is 2. The largest absolute Gasteiger partial charge is 0.373 e. The van der Waals surface area contributed by atoms with E-state index in [0.29, 0.717) is 6.61 Å². The molecule has 4 nitrogen and oxygen atoms in total. The van der Waals surface area contributed by atoms with Gasteiger partial charge in [-0.1, -0.05) is 6.07 Å². The minimum Gasteiger partial charge on any atom is -0.373 e. The van der Waals surface area contributed by atoms with Gasteiger partial charge in [0.05, 0.1) is 22.3 Å². The maximum Gasteiger partial charge on any atom is 0.264 e. The maximum atomic E-state index is 12.6. The number of hydrogen-bond acceptors (Lipinski definition) is 5. The van der Waals surface area contributed by atoms with Crippen LogP contribution in [0.1, 0.15) is 32.1 Å². The van der Waals surface area contributed by atoms with E-state index in [1.54, 1.807) is 17.5 Å². The van der Waals surface area contributed by atoms with E-state index in [1.165, 1.54) is 10.4 Å². The summed E-state index contributed by atoms with van der Waals surface area (Å²) >= 11 is 3.58. The third-order valence-corrected chi connectivity index (χ3v) is 7.72. The van der Waals surface area contributed by atoms with Gasteiger partial charge in [0.1, 0.15) is 0 Å². The van der Waals surface area contributed by atoms with Crippen molar-refractivity contribution >= 4 is 29.0 Å². The summed E-state index contributed by atoms with van der Waals surface area (Å²) in [6, 6.07) is 6.00. The molecule has 1 atom stereocenters. The normalized spacial score (nSPS) is 21.5. The topological polar surface area (TPSA) is 42.4 Å². The van der Waals surface area contributed by atoms with Gasteiger partial charge in [0.25, 0.3) is 5.91 Å². The fourth-order valence-corrected chi connectivity index (χ4v) is 6.01. The Hall–Kier alpha value is -1.37. The second-order valence-corrected chi connectivity index (χ2v) is 9.75. The Morgan fingerprint density at radius 2 is 2.28 bits per heavy atom. The van der Waals surface area contributed by atoms with Gasteiger partial charge in [-0.25, -0.2) is 0 Å². The number of carbonyl (C=O) groups is 1. The highest BCUT2D eigenvalue weighted by Crippen LogP contribution is 2.46. The number of pyridine rings is 1. The summed E-state index contributed by atoms with van der Waals surface area (Å²) in [4.78, 5) is 20.8. The summed E-state index contributed by atoms with van der Waals surface area (Å²) in [5.41, 5.74) is 2.32. The fraction of sp³-hybridized carbons (Fsp3) is 0.474. The van der Waals surface area contributed by atoms with Crippen molar-refractivity contribution in [3.63, 3.8) is 0 Å². The van der Waals surface area contributed by atoms with Gasteiger partial charge in [-0.3, -0.25) is 9.78 Å². The van der Waals surface area contributed by atoms with Gasteiger partial charge in [-0.15, -0.1) is 23.1 Å². The van der Waals surface area contributed by atoms with Crippen molar-refractivity contribution < 1.29 is 9.53 Å². The number of amides is 1. The van der Waals surface area contributed by atoms with Crippen LogP contribution in [0, 0.1) is 13.8 Å². The van der Waals surface area contributed by atoms with Crippen LogP contribution in [0.2, 0.25) is 0 Å². The van der Waals surface area contributed by atoms with Crippen LogP contribution in [-0.4, -0.2) is 45.5 Å². The lowest BCUT2D eigenvalue weighted by Gasteiger charge is -2.47. The van der Waals surface area contributed by atoms with Crippen LogP contribution in [0.4, 0.5) is 0 Å². The average molecular weight is 375 g/mol. The molecule has 4 rings (SSSR count). The number of thioether (sulfide) groups is 1. The summed E-state index contributed by atoms with van der Waals surface area (Å²) in [5, 5.41) is 0. The summed E-state index contributed by atoms with van der Waals surface area (Å²) < 4.78 is 6.26. The average Bonchev–Trinajstić information content (AvgIpc) is 3.16. The number of likely N-dealkylation sites (tertiary alicyclic amines) is 1. The number of rotatable bonds is 4. The van der Waals surface area contributed by atoms with Gasteiger partial charge in [0, 0.05) is 36.1 Å². The molecule has 25 heavy (non-hydrogen) atoms. The van der Waals surface area contributed by atoms with Crippen LogP contribution in [0.25, 0.3) is 0 Å². The molecule has 2 aromatic heterocycles. The van der Waals surface area contributed by atoms with Crippen molar-refractivity contribution in [2.45, 2.75) is 37.7 Å². The van der Waals surface area contributed by atoms with Gasteiger partial charge in [0.2, 0.25) is 0 Å². The quantitative estimate of drug-likeness (QED) is 0.819. The molecule has 0 saturated carbocycles. The van der Waals surface area contributed by atoms with Crippen LogP contribution < -0.4 is 0 Å². The van der Waals surface area contributed by atoms with Crippen molar-refractivity contribution in [2.75, 3.05) is 18.8 Å². The molecular formula is C19H22N2O2S2. The number of ether oxygens (including phenoxy) is 1. The zero-order valence-electron chi connectivity index (χ0n) is 14.5. The van der Waals surface area contributed by atoms with Crippen molar-refractivity contribution in [3.05, 3.63) is 51.5 Å². The minimum absolute atomic E-state index is 0.187. The molecule has 0 unspecified atom stereocenters. The molecule has 2 saturated heterocycles. The molecule has 4 heterocycles. The number of aromatic nitrogens is 1. The smallest absolute Gasteiger partial charge is 0.264 e. The lowest BCUT2D eigenvalue weighted by Crippen LogP contribution is -2.60. The maximum absolute atomic E-state index is 12.6. The third-order valence-electron chi connectivity index (χ3n) is 5.01. The van der Waals surface area contributed by atoms with Crippen LogP contribution in [-0.2, 0) is 11.3 Å². The number of thiophene rings is 1. The molecule has 2 aliphatic heterocycles. The summed E-state index contributed by atoms with van der Waals surface area (Å²) in [6.07, 6.45) is 4.94.